The van der Waals surface area contributed by atoms with Gasteiger partial charge in [0.2, 0.25) is 0 Å². The third-order valence-corrected chi connectivity index (χ3v) is 7.65. The molecule has 2 atom stereocenters. The van der Waals surface area contributed by atoms with Gasteiger partial charge in [-0.1, -0.05) is 35.6 Å². The molecule has 2 unspecified atom stereocenters. The van der Waals surface area contributed by atoms with Crippen molar-refractivity contribution in [1.82, 2.24) is 4.57 Å². The highest BCUT2D eigenvalue weighted by atomic mass is 32.1. The molecule has 10 heteroatoms. The minimum Gasteiger partial charge on any atom is -0.490 e. The van der Waals surface area contributed by atoms with Gasteiger partial charge in [-0.05, 0) is 69.2 Å². The Morgan fingerprint density at radius 2 is 1.90 bits per heavy atom. The van der Waals surface area contributed by atoms with E-state index in [0.29, 0.717) is 33.0 Å². The maximum Gasteiger partial charge on any atom is 0.338 e. The highest BCUT2D eigenvalue weighted by molar-refractivity contribution is 7.07. The molecule has 0 spiro atoms. The normalized spacial score (nSPS) is 18.0. The maximum atomic E-state index is 14.0. The number of allylic oxidation sites excluding steroid dienone is 1. The highest BCUT2D eigenvalue weighted by Crippen LogP contribution is 2.36. The first kappa shape index (κ1) is 28.1. The second kappa shape index (κ2) is 11.6. The van der Waals surface area contributed by atoms with Crippen LogP contribution in [0, 0.1) is 0 Å². The van der Waals surface area contributed by atoms with Gasteiger partial charge in [0.1, 0.15) is 11.9 Å². The Morgan fingerprint density at radius 3 is 2.63 bits per heavy atom. The number of carbonyl (C=O) groups is 2. The standard InChI is InChI=1S/C31H30N2O7S/c1-6-37-25-15-21(12-13-24(25)40-19(5)34)28-27(30(36)38-7-2)17(3)32-31-33(28)29(35)26(41-31)16-22-14-20-10-8-9-11-23(20)39-18(22)4/h8-16,18,28H,6-7H2,1-5H3. The predicted octanol–water partition coefficient (Wildman–Crippen LogP) is 3.94. The lowest BCUT2D eigenvalue weighted by Crippen LogP contribution is -2.40. The molecule has 0 radical (unpaired) electrons. The molecular formula is C31H30N2O7S. The molecule has 41 heavy (non-hydrogen) atoms. The summed E-state index contributed by atoms with van der Waals surface area (Å²) in [5.74, 6) is 0.288. The lowest BCUT2D eigenvalue weighted by molar-refractivity contribution is -0.139. The van der Waals surface area contributed by atoms with Crippen molar-refractivity contribution in [3.63, 3.8) is 0 Å². The zero-order chi connectivity index (χ0) is 29.3. The number of para-hydroxylation sites is 1. The quantitative estimate of drug-likeness (QED) is 0.311. The summed E-state index contributed by atoms with van der Waals surface area (Å²) < 4.78 is 24.5. The highest BCUT2D eigenvalue weighted by Gasteiger charge is 2.34. The van der Waals surface area contributed by atoms with Gasteiger partial charge in [-0.2, -0.15) is 0 Å². The first-order valence-corrected chi connectivity index (χ1v) is 14.2. The second-order valence-corrected chi connectivity index (χ2v) is 10.5. The van der Waals surface area contributed by atoms with Gasteiger partial charge in [0.15, 0.2) is 16.3 Å². The molecule has 0 N–H and O–H groups in total. The molecule has 212 valence electrons. The van der Waals surface area contributed by atoms with Crippen molar-refractivity contribution >= 4 is 35.4 Å². The Kier molecular flexibility index (Phi) is 7.94. The monoisotopic (exact) mass is 574 g/mol. The van der Waals surface area contributed by atoms with Gasteiger partial charge in [0.05, 0.1) is 35.1 Å². The zero-order valence-corrected chi connectivity index (χ0v) is 24.2. The van der Waals surface area contributed by atoms with Crippen molar-refractivity contribution in [3.8, 4) is 17.2 Å². The van der Waals surface area contributed by atoms with Gasteiger partial charge in [-0.25, -0.2) is 9.79 Å². The van der Waals surface area contributed by atoms with Crippen LogP contribution in [0.25, 0.3) is 12.2 Å². The number of hydrogen-bond donors (Lipinski definition) is 0. The number of rotatable bonds is 7. The molecule has 3 heterocycles. The number of esters is 2. The number of fused-ring (bicyclic) bond motifs is 2. The Balaban J connectivity index is 1.70. The summed E-state index contributed by atoms with van der Waals surface area (Å²) >= 11 is 1.24. The molecule has 0 amide bonds. The van der Waals surface area contributed by atoms with Crippen LogP contribution in [0.4, 0.5) is 0 Å². The van der Waals surface area contributed by atoms with Crippen molar-refractivity contribution in [3.05, 3.63) is 90.1 Å². The molecular weight excluding hydrogens is 544 g/mol. The van der Waals surface area contributed by atoms with Gasteiger partial charge in [-0.3, -0.25) is 14.2 Å². The van der Waals surface area contributed by atoms with Crippen molar-refractivity contribution < 1.29 is 28.5 Å². The van der Waals surface area contributed by atoms with Crippen LogP contribution >= 0.6 is 11.3 Å². The van der Waals surface area contributed by atoms with Gasteiger partial charge in [-0.15, -0.1) is 0 Å². The summed E-state index contributed by atoms with van der Waals surface area (Å²) in [7, 11) is 0. The Labute approximate surface area is 240 Å². The van der Waals surface area contributed by atoms with Gasteiger partial charge < -0.3 is 18.9 Å². The number of carbonyl (C=O) groups excluding carboxylic acids is 2. The predicted molar refractivity (Wildman–Crippen MR) is 155 cm³/mol. The Morgan fingerprint density at radius 1 is 1.12 bits per heavy atom. The van der Waals surface area contributed by atoms with Gasteiger partial charge >= 0.3 is 11.9 Å². The lowest BCUT2D eigenvalue weighted by atomic mass is 9.95. The van der Waals surface area contributed by atoms with Gasteiger partial charge in [0, 0.05) is 12.5 Å². The van der Waals surface area contributed by atoms with Crippen LogP contribution < -0.4 is 29.1 Å². The fourth-order valence-electron chi connectivity index (χ4n) is 4.88. The minimum atomic E-state index is -0.840. The maximum absolute atomic E-state index is 14.0. The first-order chi connectivity index (χ1) is 19.7. The first-order valence-electron chi connectivity index (χ1n) is 13.3. The van der Waals surface area contributed by atoms with E-state index in [1.54, 1.807) is 32.0 Å². The summed E-state index contributed by atoms with van der Waals surface area (Å²) in [6.45, 7) is 8.97. The second-order valence-electron chi connectivity index (χ2n) is 9.48. The van der Waals surface area contributed by atoms with Crippen LogP contribution in [0.3, 0.4) is 0 Å². The molecule has 3 aromatic rings. The van der Waals surface area contributed by atoms with E-state index in [-0.39, 0.29) is 29.6 Å². The van der Waals surface area contributed by atoms with E-state index in [2.05, 4.69) is 4.99 Å². The molecule has 9 nitrogen and oxygen atoms in total. The zero-order valence-electron chi connectivity index (χ0n) is 23.4. The van der Waals surface area contributed by atoms with E-state index in [0.717, 1.165) is 16.9 Å². The summed E-state index contributed by atoms with van der Waals surface area (Å²) in [4.78, 5) is 44.0. The summed E-state index contributed by atoms with van der Waals surface area (Å²) in [6.07, 6.45) is 3.57. The molecule has 0 saturated carbocycles. The topological polar surface area (TPSA) is 105 Å². The fourth-order valence-corrected chi connectivity index (χ4v) is 5.93. The number of aromatic nitrogens is 1. The van der Waals surface area contributed by atoms with E-state index in [1.807, 2.05) is 50.3 Å². The average molecular weight is 575 g/mol. The molecule has 2 aliphatic heterocycles. The van der Waals surface area contributed by atoms with E-state index in [4.69, 9.17) is 18.9 Å². The van der Waals surface area contributed by atoms with Gasteiger partial charge in [0.25, 0.3) is 5.56 Å². The van der Waals surface area contributed by atoms with Crippen LogP contribution in [0.1, 0.15) is 51.8 Å². The molecule has 0 fully saturated rings. The molecule has 2 aliphatic rings. The number of hydrogen-bond acceptors (Lipinski definition) is 9. The third-order valence-electron chi connectivity index (χ3n) is 6.67. The Hall–Kier alpha value is -4.44. The third kappa shape index (κ3) is 5.47. The SMILES string of the molecule is CCOC(=O)C1=C(C)N=c2sc(=CC3=Cc4ccccc4OC3C)c(=O)n2C1c1ccc(OC(C)=O)c(OCC)c1. The molecule has 2 aromatic carbocycles. The number of ether oxygens (including phenoxy) is 4. The largest absolute Gasteiger partial charge is 0.490 e. The van der Waals surface area contributed by atoms with Crippen LogP contribution in [-0.4, -0.2) is 35.8 Å². The average Bonchev–Trinajstić information content (AvgIpc) is 3.23. The summed E-state index contributed by atoms with van der Waals surface area (Å²) in [5.41, 5.74) is 2.75. The van der Waals surface area contributed by atoms with Crippen molar-refractivity contribution in [1.29, 1.82) is 0 Å². The van der Waals surface area contributed by atoms with E-state index in [9.17, 15) is 14.4 Å². The molecule has 0 bridgehead atoms. The minimum absolute atomic E-state index is 0.163. The van der Waals surface area contributed by atoms with Crippen LogP contribution in [0.2, 0.25) is 0 Å². The van der Waals surface area contributed by atoms with Crippen LogP contribution in [0.5, 0.6) is 17.2 Å². The molecule has 5 rings (SSSR count). The lowest BCUT2D eigenvalue weighted by Gasteiger charge is -2.25. The Bertz CT molecular complexity index is 1780. The van der Waals surface area contributed by atoms with Crippen LogP contribution in [0.15, 0.2) is 69.1 Å². The molecule has 1 aromatic heterocycles. The van der Waals surface area contributed by atoms with E-state index < -0.39 is 18.0 Å². The van der Waals surface area contributed by atoms with E-state index in [1.165, 1.54) is 22.8 Å². The van der Waals surface area contributed by atoms with Crippen molar-refractivity contribution in [2.24, 2.45) is 4.99 Å². The summed E-state index contributed by atoms with van der Waals surface area (Å²) in [5, 5.41) is 0. The number of thiazole rings is 1. The smallest absolute Gasteiger partial charge is 0.338 e. The van der Waals surface area contributed by atoms with Crippen molar-refractivity contribution in [2.45, 2.75) is 46.8 Å². The van der Waals surface area contributed by atoms with E-state index >= 15 is 0 Å². The van der Waals surface area contributed by atoms with Crippen molar-refractivity contribution in [2.75, 3.05) is 13.2 Å². The summed E-state index contributed by atoms with van der Waals surface area (Å²) in [6, 6.07) is 11.9. The van der Waals surface area contributed by atoms with Crippen LogP contribution in [-0.2, 0) is 14.3 Å². The number of benzene rings is 2. The molecule has 0 aliphatic carbocycles. The molecule has 0 saturated heterocycles. The fraction of sp³-hybridized carbons (Fsp3) is 0.290. The number of nitrogens with zero attached hydrogens (tertiary/aromatic N) is 2.